The first kappa shape index (κ1) is 17.1. The molecule has 3 heterocycles. The molecule has 0 radical (unpaired) electrons. The summed E-state index contributed by atoms with van der Waals surface area (Å²) in [6.45, 7) is 1.10. The van der Waals surface area contributed by atoms with E-state index in [-0.39, 0.29) is 5.91 Å². The van der Waals surface area contributed by atoms with E-state index in [4.69, 9.17) is 9.47 Å². The van der Waals surface area contributed by atoms with Crippen LogP contribution in [0.1, 0.15) is 47.5 Å². The first-order valence-corrected chi connectivity index (χ1v) is 10.5. The Bertz CT molecular complexity index is 852. The lowest BCUT2D eigenvalue weighted by Crippen LogP contribution is -2.46. The number of benzene rings is 2. The normalized spacial score (nSPS) is 26.1. The third-order valence-corrected chi connectivity index (χ3v) is 6.63. The molecule has 0 saturated carbocycles. The summed E-state index contributed by atoms with van der Waals surface area (Å²) in [5.41, 5.74) is 2.10. The van der Waals surface area contributed by atoms with Crippen LogP contribution in [0.5, 0.6) is 11.5 Å². The maximum atomic E-state index is 13.3. The highest BCUT2D eigenvalue weighted by molar-refractivity contribution is 9.10. The van der Waals surface area contributed by atoms with Crippen molar-refractivity contribution in [3.63, 3.8) is 0 Å². The molecule has 2 fully saturated rings. The Kier molecular flexibility index (Phi) is 4.35. The molecular weight excluding hydrogens is 406 g/mol. The number of ether oxygens (including phenoxy) is 2. The summed E-state index contributed by atoms with van der Waals surface area (Å²) in [5.74, 6) is 2.09. The lowest BCUT2D eigenvalue weighted by molar-refractivity contribution is 0.0570. The molecule has 1 amide bonds. The molecule has 2 aromatic rings. The molecule has 0 unspecified atom stereocenters. The third kappa shape index (κ3) is 3.12. The molecule has 3 atom stereocenters. The summed E-state index contributed by atoms with van der Waals surface area (Å²) in [6.07, 6.45) is 4.31. The van der Waals surface area contributed by atoms with Gasteiger partial charge in [-0.25, -0.2) is 0 Å². The molecule has 5 heteroatoms. The molecule has 5 rings (SSSR count). The van der Waals surface area contributed by atoms with Gasteiger partial charge in [0.1, 0.15) is 13.2 Å². The zero-order valence-electron chi connectivity index (χ0n) is 15.1. The van der Waals surface area contributed by atoms with Crippen LogP contribution in [-0.4, -0.2) is 36.1 Å². The van der Waals surface area contributed by atoms with E-state index >= 15 is 0 Å². The Labute approximate surface area is 167 Å². The van der Waals surface area contributed by atoms with Crippen LogP contribution in [0.15, 0.2) is 46.9 Å². The number of carbonyl (C=O) groups is 1. The number of carbonyl (C=O) groups excluding carboxylic acids is 1. The Morgan fingerprint density at radius 3 is 2.30 bits per heavy atom. The monoisotopic (exact) mass is 427 g/mol. The van der Waals surface area contributed by atoms with E-state index in [2.05, 4.69) is 45.1 Å². The average Bonchev–Trinajstić information content (AvgIpc) is 2.97. The SMILES string of the molecule is O=C(c1ccc2c(c1)OCCO2)N1[C@@H]2CC[C@H]1C[C@@H](c1ccc(Br)cc1)C2. The second-order valence-electron chi connectivity index (χ2n) is 7.68. The van der Waals surface area contributed by atoms with Gasteiger partial charge in [-0.3, -0.25) is 4.79 Å². The van der Waals surface area contributed by atoms with Crippen LogP contribution < -0.4 is 9.47 Å². The Hall–Kier alpha value is -2.01. The average molecular weight is 428 g/mol. The number of hydrogen-bond acceptors (Lipinski definition) is 3. The van der Waals surface area contributed by atoms with Crippen molar-refractivity contribution in [2.45, 2.75) is 43.7 Å². The Morgan fingerprint density at radius 2 is 1.59 bits per heavy atom. The fraction of sp³-hybridized carbons (Fsp3) is 0.409. The van der Waals surface area contributed by atoms with Crippen molar-refractivity contribution < 1.29 is 14.3 Å². The number of hydrogen-bond donors (Lipinski definition) is 0. The van der Waals surface area contributed by atoms with Crippen LogP contribution in [0.4, 0.5) is 0 Å². The zero-order valence-corrected chi connectivity index (χ0v) is 16.7. The summed E-state index contributed by atoms with van der Waals surface area (Å²) in [4.78, 5) is 15.4. The van der Waals surface area contributed by atoms with E-state index in [0.29, 0.717) is 42.5 Å². The maximum absolute atomic E-state index is 13.3. The van der Waals surface area contributed by atoms with Crippen molar-refractivity contribution in [2.24, 2.45) is 0 Å². The molecule has 4 nitrogen and oxygen atoms in total. The molecule has 2 bridgehead atoms. The van der Waals surface area contributed by atoms with Crippen molar-refractivity contribution in [3.8, 4) is 11.5 Å². The van der Waals surface area contributed by atoms with E-state index in [1.165, 1.54) is 5.56 Å². The third-order valence-electron chi connectivity index (χ3n) is 6.10. The molecule has 0 aliphatic carbocycles. The predicted molar refractivity (Wildman–Crippen MR) is 107 cm³/mol. The molecule has 0 aromatic heterocycles. The summed E-state index contributed by atoms with van der Waals surface area (Å²) >= 11 is 3.51. The fourth-order valence-corrected chi connectivity index (χ4v) is 5.11. The van der Waals surface area contributed by atoms with Crippen LogP contribution in [0.2, 0.25) is 0 Å². The quantitative estimate of drug-likeness (QED) is 0.692. The zero-order chi connectivity index (χ0) is 18.4. The highest BCUT2D eigenvalue weighted by Crippen LogP contribution is 2.44. The van der Waals surface area contributed by atoms with Crippen molar-refractivity contribution in [3.05, 3.63) is 58.1 Å². The smallest absolute Gasteiger partial charge is 0.254 e. The molecule has 2 aromatic carbocycles. The lowest BCUT2D eigenvalue weighted by Gasteiger charge is -2.39. The highest BCUT2D eigenvalue weighted by Gasteiger charge is 2.43. The molecule has 2 saturated heterocycles. The van der Waals surface area contributed by atoms with Gasteiger partial charge < -0.3 is 14.4 Å². The molecule has 140 valence electrons. The molecule has 0 N–H and O–H groups in total. The van der Waals surface area contributed by atoms with Gasteiger partial charge >= 0.3 is 0 Å². The molecule has 0 spiro atoms. The van der Waals surface area contributed by atoms with E-state index in [1.807, 2.05) is 18.2 Å². The van der Waals surface area contributed by atoms with Crippen LogP contribution in [-0.2, 0) is 0 Å². The number of amides is 1. The second kappa shape index (κ2) is 6.86. The summed E-state index contributed by atoms with van der Waals surface area (Å²) in [6, 6.07) is 14.9. The van der Waals surface area contributed by atoms with Gasteiger partial charge in [-0.05, 0) is 67.5 Å². The van der Waals surface area contributed by atoms with Crippen molar-refractivity contribution >= 4 is 21.8 Å². The summed E-state index contributed by atoms with van der Waals surface area (Å²) < 4.78 is 12.3. The molecular formula is C22H22BrNO3. The maximum Gasteiger partial charge on any atom is 0.254 e. The van der Waals surface area contributed by atoms with Crippen molar-refractivity contribution in [1.29, 1.82) is 0 Å². The number of piperidine rings is 1. The van der Waals surface area contributed by atoms with E-state index in [0.717, 1.165) is 35.9 Å². The van der Waals surface area contributed by atoms with E-state index in [9.17, 15) is 4.79 Å². The van der Waals surface area contributed by atoms with Gasteiger partial charge in [0, 0.05) is 22.1 Å². The molecule has 27 heavy (non-hydrogen) atoms. The van der Waals surface area contributed by atoms with Gasteiger partial charge in [-0.15, -0.1) is 0 Å². The topological polar surface area (TPSA) is 38.8 Å². The highest BCUT2D eigenvalue weighted by atomic mass is 79.9. The van der Waals surface area contributed by atoms with Gasteiger partial charge in [0.05, 0.1) is 0 Å². The van der Waals surface area contributed by atoms with E-state index in [1.54, 1.807) is 0 Å². The predicted octanol–water partition coefficient (Wildman–Crippen LogP) is 4.77. The summed E-state index contributed by atoms with van der Waals surface area (Å²) in [7, 11) is 0. The van der Waals surface area contributed by atoms with Gasteiger partial charge in [0.2, 0.25) is 0 Å². The second-order valence-corrected chi connectivity index (χ2v) is 8.59. The van der Waals surface area contributed by atoms with Crippen LogP contribution in [0, 0.1) is 0 Å². The molecule has 3 aliphatic heterocycles. The largest absolute Gasteiger partial charge is 0.486 e. The Morgan fingerprint density at radius 1 is 0.926 bits per heavy atom. The molecule has 3 aliphatic rings. The van der Waals surface area contributed by atoms with E-state index < -0.39 is 0 Å². The van der Waals surface area contributed by atoms with Crippen LogP contribution in [0.3, 0.4) is 0 Å². The number of nitrogens with zero attached hydrogens (tertiary/aromatic N) is 1. The van der Waals surface area contributed by atoms with Gasteiger partial charge in [-0.1, -0.05) is 28.1 Å². The fourth-order valence-electron chi connectivity index (χ4n) is 4.84. The van der Waals surface area contributed by atoms with Crippen molar-refractivity contribution in [2.75, 3.05) is 13.2 Å². The first-order valence-electron chi connectivity index (χ1n) is 9.67. The minimum absolute atomic E-state index is 0.133. The van der Waals surface area contributed by atoms with Crippen LogP contribution in [0.25, 0.3) is 0 Å². The Balaban J connectivity index is 1.36. The lowest BCUT2D eigenvalue weighted by atomic mass is 9.85. The van der Waals surface area contributed by atoms with Crippen LogP contribution >= 0.6 is 15.9 Å². The number of halogens is 1. The minimum Gasteiger partial charge on any atom is -0.486 e. The van der Waals surface area contributed by atoms with Crippen molar-refractivity contribution in [1.82, 2.24) is 4.90 Å². The first-order chi connectivity index (χ1) is 13.2. The number of rotatable bonds is 2. The van der Waals surface area contributed by atoms with Gasteiger partial charge in [0.25, 0.3) is 5.91 Å². The minimum atomic E-state index is 0.133. The standard InChI is InChI=1S/C22H22BrNO3/c23-17-4-1-14(2-5-17)16-11-18-6-7-19(12-16)24(18)22(25)15-3-8-20-21(13-15)27-10-9-26-20/h1-5,8,13,16,18-19H,6-7,9-12H2/t16-,18+,19-. The number of fused-ring (bicyclic) bond motifs is 3. The van der Waals surface area contributed by atoms with Gasteiger partial charge in [-0.2, -0.15) is 0 Å². The van der Waals surface area contributed by atoms with Gasteiger partial charge in [0.15, 0.2) is 11.5 Å². The summed E-state index contributed by atoms with van der Waals surface area (Å²) in [5, 5.41) is 0.